The molecule has 3 nitrogen and oxygen atoms in total. The van der Waals surface area contributed by atoms with Crippen LogP contribution in [-0.2, 0) is 0 Å². The predicted octanol–water partition coefficient (Wildman–Crippen LogP) is 16.2. The Morgan fingerprint density at radius 1 is 0.254 bits per heavy atom. The molecule has 0 spiro atoms. The number of aromatic nitrogens is 3. The molecule has 12 rings (SSSR count). The number of hydrogen-bond acceptors (Lipinski definition) is 4. The van der Waals surface area contributed by atoms with E-state index in [4.69, 9.17) is 15.0 Å². The molecule has 10 aromatic carbocycles. The lowest BCUT2D eigenvalue weighted by Crippen LogP contribution is -2.01. The maximum absolute atomic E-state index is 5.29. The molecule has 0 amide bonds. The molecule has 12 aromatic rings. The largest absolute Gasteiger partial charge is 0.208 e. The molecule has 63 heavy (non-hydrogen) atoms. The second-order valence-electron chi connectivity index (χ2n) is 16.0. The standard InChI is InChI=1S/C59H37N3S/c1-3-13-38(14-4-1)40-27-31-44(32-28-40)57-60-58(47-20-11-19-45(35-47)39-15-5-2-6-16-39)62-59(61-57)52-37-55-56(51-23-10-9-22-50(51)52)53-36-46(33-34-54(53)63-55)41-25-29-43(30-26-41)49-24-12-18-42-17-7-8-21-48(42)49/h1-37H. The average molecular weight is 820 g/mol. The van der Waals surface area contributed by atoms with Gasteiger partial charge in [0, 0.05) is 36.9 Å². The first-order valence-corrected chi connectivity index (χ1v) is 22.1. The summed E-state index contributed by atoms with van der Waals surface area (Å²) in [5.74, 6) is 1.92. The molecule has 0 saturated carbocycles. The van der Waals surface area contributed by atoms with E-state index in [-0.39, 0.29) is 0 Å². The van der Waals surface area contributed by atoms with Gasteiger partial charge in [0.05, 0.1) is 0 Å². The zero-order chi connectivity index (χ0) is 41.7. The van der Waals surface area contributed by atoms with Gasteiger partial charge in [0.25, 0.3) is 0 Å². The van der Waals surface area contributed by atoms with E-state index in [1.165, 1.54) is 64.1 Å². The molecule has 0 unspecified atom stereocenters. The minimum atomic E-state index is 0.636. The minimum absolute atomic E-state index is 0.636. The zero-order valence-electron chi connectivity index (χ0n) is 34.1. The van der Waals surface area contributed by atoms with Crippen molar-refractivity contribution in [3.05, 3.63) is 224 Å². The quantitative estimate of drug-likeness (QED) is 0.161. The Labute approximate surface area is 369 Å². The van der Waals surface area contributed by atoms with E-state index < -0.39 is 0 Å². The van der Waals surface area contributed by atoms with Gasteiger partial charge in [-0.05, 0) is 90.3 Å². The molecule has 0 saturated heterocycles. The van der Waals surface area contributed by atoms with E-state index in [1.807, 2.05) is 23.5 Å². The van der Waals surface area contributed by atoms with Crippen LogP contribution in [0.15, 0.2) is 224 Å². The average Bonchev–Trinajstić information content (AvgIpc) is 3.75. The van der Waals surface area contributed by atoms with Crippen molar-refractivity contribution in [2.24, 2.45) is 0 Å². The van der Waals surface area contributed by atoms with E-state index in [1.54, 1.807) is 0 Å². The van der Waals surface area contributed by atoms with Gasteiger partial charge < -0.3 is 0 Å². The second kappa shape index (κ2) is 15.4. The molecule has 0 aliphatic heterocycles. The fourth-order valence-corrected chi connectivity index (χ4v) is 10.1. The van der Waals surface area contributed by atoms with Gasteiger partial charge in [0.15, 0.2) is 17.5 Å². The monoisotopic (exact) mass is 819 g/mol. The first-order valence-electron chi connectivity index (χ1n) is 21.2. The first kappa shape index (κ1) is 36.8. The summed E-state index contributed by atoms with van der Waals surface area (Å²) in [6, 6.07) is 80.0. The topological polar surface area (TPSA) is 38.7 Å². The molecule has 2 heterocycles. The summed E-state index contributed by atoms with van der Waals surface area (Å²) in [5.41, 5.74) is 12.3. The van der Waals surface area contributed by atoms with E-state index in [2.05, 4.69) is 212 Å². The van der Waals surface area contributed by atoms with Crippen LogP contribution in [0.3, 0.4) is 0 Å². The number of nitrogens with zero attached hydrogens (tertiary/aromatic N) is 3. The van der Waals surface area contributed by atoms with Crippen LogP contribution in [0.2, 0.25) is 0 Å². The number of hydrogen-bond donors (Lipinski definition) is 0. The lowest BCUT2D eigenvalue weighted by atomic mass is 9.95. The van der Waals surface area contributed by atoms with Gasteiger partial charge in [-0.3, -0.25) is 0 Å². The Morgan fingerprint density at radius 2 is 0.746 bits per heavy atom. The van der Waals surface area contributed by atoms with Crippen LogP contribution in [0, 0.1) is 0 Å². The van der Waals surface area contributed by atoms with Crippen molar-refractivity contribution in [3.8, 4) is 78.7 Å². The third-order valence-corrected chi connectivity index (χ3v) is 13.3. The number of fused-ring (bicyclic) bond motifs is 6. The second-order valence-corrected chi connectivity index (χ2v) is 17.0. The van der Waals surface area contributed by atoms with Crippen LogP contribution in [0.1, 0.15) is 0 Å². The third-order valence-electron chi connectivity index (χ3n) is 12.2. The number of thiophene rings is 1. The fourth-order valence-electron chi connectivity index (χ4n) is 8.99. The molecule has 0 radical (unpaired) electrons. The molecule has 0 aliphatic carbocycles. The van der Waals surface area contributed by atoms with Crippen LogP contribution in [0.5, 0.6) is 0 Å². The van der Waals surface area contributed by atoms with E-state index in [0.717, 1.165) is 38.8 Å². The molecule has 0 aliphatic rings. The molecule has 0 N–H and O–H groups in total. The lowest BCUT2D eigenvalue weighted by molar-refractivity contribution is 1.08. The fraction of sp³-hybridized carbons (Fsp3) is 0. The predicted molar refractivity (Wildman–Crippen MR) is 266 cm³/mol. The van der Waals surface area contributed by atoms with Gasteiger partial charge in [0.2, 0.25) is 0 Å². The molecule has 0 atom stereocenters. The van der Waals surface area contributed by atoms with Crippen LogP contribution in [0.4, 0.5) is 0 Å². The molecule has 4 heteroatoms. The summed E-state index contributed by atoms with van der Waals surface area (Å²) in [4.78, 5) is 15.7. The van der Waals surface area contributed by atoms with Crippen molar-refractivity contribution >= 4 is 53.1 Å². The minimum Gasteiger partial charge on any atom is -0.208 e. The summed E-state index contributed by atoms with van der Waals surface area (Å²) in [7, 11) is 0. The van der Waals surface area contributed by atoms with Crippen molar-refractivity contribution in [3.63, 3.8) is 0 Å². The van der Waals surface area contributed by atoms with Crippen molar-refractivity contribution < 1.29 is 0 Å². The Hall–Kier alpha value is -8.05. The SMILES string of the molecule is c1ccc(-c2ccc(-c3nc(-c4cccc(-c5ccccc5)c4)nc(-c4cc5sc6ccc(-c7ccc(-c8cccc9ccccc89)cc7)cc6c5c5ccccc45)n3)cc2)cc1. The number of benzene rings is 10. The summed E-state index contributed by atoms with van der Waals surface area (Å²) >= 11 is 1.82. The number of rotatable bonds is 7. The van der Waals surface area contributed by atoms with Crippen molar-refractivity contribution in [1.29, 1.82) is 0 Å². The van der Waals surface area contributed by atoms with Crippen LogP contribution in [0.25, 0.3) is 120 Å². The highest BCUT2D eigenvalue weighted by Gasteiger charge is 2.19. The maximum Gasteiger partial charge on any atom is 0.164 e. The van der Waals surface area contributed by atoms with Crippen molar-refractivity contribution in [2.75, 3.05) is 0 Å². The van der Waals surface area contributed by atoms with E-state index >= 15 is 0 Å². The van der Waals surface area contributed by atoms with Gasteiger partial charge in [0.1, 0.15) is 0 Å². The third kappa shape index (κ3) is 6.74. The van der Waals surface area contributed by atoms with Gasteiger partial charge in [-0.2, -0.15) is 0 Å². The van der Waals surface area contributed by atoms with Gasteiger partial charge in [-0.25, -0.2) is 15.0 Å². The Morgan fingerprint density at radius 3 is 1.51 bits per heavy atom. The summed E-state index contributed by atoms with van der Waals surface area (Å²) in [6.07, 6.45) is 0. The van der Waals surface area contributed by atoms with Gasteiger partial charge in [-0.1, -0.05) is 200 Å². The van der Waals surface area contributed by atoms with Crippen LogP contribution < -0.4 is 0 Å². The Balaban J connectivity index is 0.988. The van der Waals surface area contributed by atoms with Crippen LogP contribution in [-0.4, -0.2) is 15.0 Å². The molecule has 2 aromatic heterocycles. The highest BCUT2D eigenvalue weighted by Crippen LogP contribution is 2.44. The maximum atomic E-state index is 5.29. The Bertz CT molecular complexity index is 3650. The molecule has 0 bridgehead atoms. The summed E-state index contributed by atoms with van der Waals surface area (Å²) in [5, 5.41) is 7.32. The molecule has 0 fully saturated rings. The molecular weight excluding hydrogens is 783 g/mol. The van der Waals surface area contributed by atoms with Gasteiger partial charge in [-0.15, -0.1) is 11.3 Å². The van der Waals surface area contributed by atoms with E-state index in [0.29, 0.717) is 17.5 Å². The molecular formula is C59H37N3S. The smallest absolute Gasteiger partial charge is 0.164 e. The molecule has 294 valence electrons. The normalized spacial score (nSPS) is 11.5. The van der Waals surface area contributed by atoms with Crippen molar-refractivity contribution in [1.82, 2.24) is 15.0 Å². The van der Waals surface area contributed by atoms with Crippen LogP contribution >= 0.6 is 11.3 Å². The summed E-state index contributed by atoms with van der Waals surface area (Å²) in [6.45, 7) is 0. The van der Waals surface area contributed by atoms with E-state index in [9.17, 15) is 0 Å². The highest BCUT2D eigenvalue weighted by molar-refractivity contribution is 7.26. The van der Waals surface area contributed by atoms with Crippen molar-refractivity contribution in [2.45, 2.75) is 0 Å². The summed E-state index contributed by atoms with van der Waals surface area (Å²) < 4.78 is 2.45. The van der Waals surface area contributed by atoms with Gasteiger partial charge >= 0.3 is 0 Å². The Kier molecular flexibility index (Phi) is 9.02. The highest BCUT2D eigenvalue weighted by atomic mass is 32.1. The lowest BCUT2D eigenvalue weighted by Gasteiger charge is -2.12. The zero-order valence-corrected chi connectivity index (χ0v) is 34.9. The first-order chi connectivity index (χ1) is 31.2.